The molecule has 0 aromatic heterocycles. The highest BCUT2D eigenvalue weighted by atomic mass is 79.9. The average Bonchev–Trinajstić information content (AvgIpc) is 2.50. The van der Waals surface area contributed by atoms with E-state index in [2.05, 4.69) is 21.2 Å². The summed E-state index contributed by atoms with van der Waals surface area (Å²) in [6, 6.07) is 8.17. The minimum Gasteiger partial charge on any atom is -0.452 e. The second kappa shape index (κ2) is 8.01. The Morgan fingerprint density at radius 1 is 1.12 bits per heavy atom. The summed E-state index contributed by atoms with van der Waals surface area (Å²) in [5.74, 6) is -1.12. The van der Waals surface area contributed by atoms with Gasteiger partial charge in [-0.2, -0.15) is 0 Å². The Kier molecular flexibility index (Phi) is 6.27. The number of rotatable bonds is 4. The summed E-state index contributed by atoms with van der Waals surface area (Å²) in [7, 11) is 0. The highest BCUT2D eigenvalue weighted by Crippen LogP contribution is 2.25. The van der Waals surface area contributed by atoms with Crippen molar-refractivity contribution in [1.29, 1.82) is 0 Å². The molecular weight excluding hydrogens is 417 g/mol. The van der Waals surface area contributed by atoms with Gasteiger partial charge in [0.15, 0.2) is 6.61 Å². The fourth-order valence-electron chi connectivity index (χ4n) is 1.97. The molecule has 0 saturated carbocycles. The number of halogens is 3. The number of carbonyl (C=O) groups excluding carboxylic acids is 2. The Balaban J connectivity index is 1.98. The molecule has 7 heteroatoms. The fourth-order valence-corrected chi connectivity index (χ4v) is 2.91. The maximum Gasteiger partial charge on any atom is 0.340 e. The first-order chi connectivity index (χ1) is 11.3. The highest BCUT2D eigenvalue weighted by Gasteiger charge is 2.15. The smallest absolute Gasteiger partial charge is 0.340 e. The van der Waals surface area contributed by atoms with Crippen molar-refractivity contribution in [2.75, 3.05) is 11.9 Å². The summed E-state index contributed by atoms with van der Waals surface area (Å²) >= 11 is 15.1. The third kappa shape index (κ3) is 4.72. The first-order valence-corrected chi connectivity index (χ1v) is 8.51. The van der Waals surface area contributed by atoms with E-state index in [0.717, 1.165) is 15.6 Å². The van der Waals surface area contributed by atoms with E-state index in [0.29, 0.717) is 10.7 Å². The molecule has 0 spiro atoms. The molecule has 0 aliphatic heterocycles. The van der Waals surface area contributed by atoms with Gasteiger partial charge in [-0.1, -0.05) is 39.1 Å². The van der Waals surface area contributed by atoms with Gasteiger partial charge in [0.05, 0.1) is 10.6 Å². The molecule has 0 aliphatic rings. The van der Waals surface area contributed by atoms with Crippen LogP contribution in [0.4, 0.5) is 5.69 Å². The van der Waals surface area contributed by atoms with E-state index >= 15 is 0 Å². The predicted molar refractivity (Wildman–Crippen MR) is 99.0 cm³/mol. The molecule has 1 amide bonds. The molecule has 2 rings (SSSR count). The third-order valence-electron chi connectivity index (χ3n) is 3.27. The Morgan fingerprint density at radius 3 is 2.50 bits per heavy atom. The zero-order chi connectivity index (χ0) is 17.9. The third-order valence-corrected chi connectivity index (χ3v) is 4.67. The minimum atomic E-state index is -0.685. The van der Waals surface area contributed by atoms with Gasteiger partial charge in [-0.05, 0) is 55.3 Å². The van der Waals surface area contributed by atoms with E-state index in [-0.39, 0.29) is 10.6 Å². The van der Waals surface area contributed by atoms with Gasteiger partial charge in [-0.15, -0.1) is 0 Å². The highest BCUT2D eigenvalue weighted by molar-refractivity contribution is 9.10. The molecule has 0 bridgehead atoms. The van der Waals surface area contributed by atoms with Crippen LogP contribution in [0, 0.1) is 13.8 Å². The number of anilines is 1. The van der Waals surface area contributed by atoms with Gasteiger partial charge in [0.1, 0.15) is 0 Å². The van der Waals surface area contributed by atoms with Crippen LogP contribution in [0.5, 0.6) is 0 Å². The van der Waals surface area contributed by atoms with Crippen LogP contribution in [0.2, 0.25) is 10.0 Å². The molecule has 0 fully saturated rings. The van der Waals surface area contributed by atoms with Crippen LogP contribution in [0.3, 0.4) is 0 Å². The number of amides is 1. The van der Waals surface area contributed by atoms with E-state index in [4.69, 9.17) is 27.9 Å². The van der Waals surface area contributed by atoms with Crippen molar-refractivity contribution in [2.45, 2.75) is 13.8 Å². The molecule has 24 heavy (non-hydrogen) atoms. The largest absolute Gasteiger partial charge is 0.452 e. The van der Waals surface area contributed by atoms with Crippen molar-refractivity contribution in [2.24, 2.45) is 0 Å². The van der Waals surface area contributed by atoms with Gasteiger partial charge in [-0.25, -0.2) is 4.79 Å². The standard InChI is InChI=1S/C17H14BrCl2NO3/c1-9-6-15(10(2)5-13(9)18)21-16(22)8-24-17(23)12-4-3-11(19)7-14(12)20/h3-7H,8H2,1-2H3,(H,21,22). The SMILES string of the molecule is Cc1cc(NC(=O)COC(=O)c2ccc(Cl)cc2Cl)c(C)cc1Br. The number of nitrogens with one attached hydrogen (secondary N) is 1. The molecule has 2 aromatic rings. The second-order valence-electron chi connectivity index (χ2n) is 5.16. The monoisotopic (exact) mass is 429 g/mol. The molecule has 1 N–H and O–H groups in total. The number of hydrogen-bond donors (Lipinski definition) is 1. The van der Waals surface area contributed by atoms with Crippen LogP contribution in [-0.4, -0.2) is 18.5 Å². The lowest BCUT2D eigenvalue weighted by Crippen LogP contribution is -2.21. The van der Waals surface area contributed by atoms with Gasteiger partial charge in [0.25, 0.3) is 5.91 Å². The van der Waals surface area contributed by atoms with Crippen molar-refractivity contribution < 1.29 is 14.3 Å². The topological polar surface area (TPSA) is 55.4 Å². The van der Waals surface area contributed by atoms with Crippen molar-refractivity contribution in [1.82, 2.24) is 0 Å². The van der Waals surface area contributed by atoms with Crippen LogP contribution in [0.15, 0.2) is 34.8 Å². The van der Waals surface area contributed by atoms with Gasteiger partial charge in [0.2, 0.25) is 0 Å². The molecule has 0 heterocycles. The zero-order valence-corrected chi connectivity index (χ0v) is 16.1. The van der Waals surface area contributed by atoms with E-state index in [1.807, 2.05) is 26.0 Å². The lowest BCUT2D eigenvalue weighted by Gasteiger charge is -2.11. The summed E-state index contributed by atoms with van der Waals surface area (Å²) in [6.07, 6.45) is 0. The van der Waals surface area contributed by atoms with Crippen LogP contribution in [-0.2, 0) is 9.53 Å². The van der Waals surface area contributed by atoms with Crippen molar-refractivity contribution in [3.05, 3.63) is 61.5 Å². The number of carbonyl (C=O) groups is 2. The van der Waals surface area contributed by atoms with Gasteiger partial charge in [0, 0.05) is 15.2 Å². The Labute approximate surface area is 158 Å². The Hall–Kier alpha value is -1.56. The summed E-state index contributed by atoms with van der Waals surface area (Å²) in [5, 5.41) is 3.30. The van der Waals surface area contributed by atoms with Crippen LogP contribution < -0.4 is 5.32 Å². The normalized spacial score (nSPS) is 10.4. The zero-order valence-electron chi connectivity index (χ0n) is 13.0. The number of ether oxygens (including phenoxy) is 1. The number of benzene rings is 2. The molecule has 0 atom stereocenters. The quantitative estimate of drug-likeness (QED) is 0.680. The maximum absolute atomic E-state index is 12.0. The summed E-state index contributed by atoms with van der Waals surface area (Å²) in [4.78, 5) is 23.9. The molecule has 0 saturated heterocycles. The molecular formula is C17H14BrCl2NO3. The van der Waals surface area contributed by atoms with Crippen LogP contribution in [0.25, 0.3) is 0 Å². The van der Waals surface area contributed by atoms with E-state index in [1.54, 1.807) is 0 Å². The van der Waals surface area contributed by atoms with Gasteiger partial charge in [-0.3, -0.25) is 4.79 Å². The van der Waals surface area contributed by atoms with E-state index < -0.39 is 18.5 Å². The number of aryl methyl sites for hydroxylation is 2. The second-order valence-corrected chi connectivity index (χ2v) is 6.86. The molecule has 0 radical (unpaired) electrons. The van der Waals surface area contributed by atoms with E-state index in [9.17, 15) is 9.59 Å². The van der Waals surface area contributed by atoms with Crippen molar-refractivity contribution in [3.63, 3.8) is 0 Å². The number of hydrogen-bond acceptors (Lipinski definition) is 3. The average molecular weight is 431 g/mol. The summed E-state index contributed by atoms with van der Waals surface area (Å²) in [6.45, 7) is 3.38. The molecule has 4 nitrogen and oxygen atoms in total. The lowest BCUT2D eigenvalue weighted by molar-refractivity contribution is -0.119. The molecule has 0 aliphatic carbocycles. The predicted octanol–water partition coefficient (Wildman–Crippen LogP) is 5.17. The lowest BCUT2D eigenvalue weighted by atomic mass is 10.1. The molecule has 126 valence electrons. The Morgan fingerprint density at radius 2 is 1.83 bits per heavy atom. The molecule has 2 aromatic carbocycles. The maximum atomic E-state index is 12.0. The summed E-state index contributed by atoms with van der Waals surface area (Å²) < 4.78 is 5.95. The first kappa shape index (κ1) is 18.8. The molecule has 0 unspecified atom stereocenters. The minimum absolute atomic E-state index is 0.157. The van der Waals surface area contributed by atoms with E-state index in [1.165, 1.54) is 18.2 Å². The van der Waals surface area contributed by atoms with Gasteiger partial charge >= 0.3 is 5.97 Å². The van der Waals surface area contributed by atoms with Crippen LogP contribution >= 0.6 is 39.1 Å². The van der Waals surface area contributed by atoms with Crippen molar-refractivity contribution in [3.8, 4) is 0 Å². The van der Waals surface area contributed by atoms with Crippen LogP contribution in [0.1, 0.15) is 21.5 Å². The fraction of sp³-hybridized carbons (Fsp3) is 0.176. The van der Waals surface area contributed by atoms with Crippen molar-refractivity contribution >= 4 is 56.7 Å². The first-order valence-electron chi connectivity index (χ1n) is 6.96. The summed E-state index contributed by atoms with van der Waals surface area (Å²) in [5.41, 5.74) is 2.71. The Bertz CT molecular complexity index is 809. The number of esters is 1. The van der Waals surface area contributed by atoms with Gasteiger partial charge < -0.3 is 10.1 Å².